The first-order chi connectivity index (χ1) is 12.4. The van der Waals surface area contributed by atoms with Gasteiger partial charge in [-0.05, 0) is 37.8 Å². The molecule has 0 saturated carbocycles. The SMILES string of the molecule is COc1ccc([C@]2(C(F)(F)F)N=C3SC4=C(CCCC4)N3C(=O)N2)cc1. The molecule has 5 nitrogen and oxygen atoms in total. The number of nitrogens with one attached hydrogen (secondary N) is 1. The number of allylic oxidation sites excluding steroid dienone is 2. The Morgan fingerprint density at radius 3 is 2.58 bits per heavy atom. The second kappa shape index (κ2) is 5.94. The van der Waals surface area contributed by atoms with E-state index in [1.54, 1.807) is 0 Å². The first-order valence-corrected chi connectivity index (χ1v) is 9.00. The van der Waals surface area contributed by atoms with E-state index in [4.69, 9.17) is 4.74 Å². The number of methoxy groups -OCH3 is 1. The molecular weight excluding hydrogens is 367 g/mol. The normalized spacial score (nSPS) is 25.5. The Labute approximate surface area is 152 Å². The number of rotatable bonds is 2. The highest BCUT2D eigenvalue weighted by Crippen LogP contribution is 2.49. The average Bonchev–Trinajstić information content (AvgIpc) is 2.99. The van der Waals surface area contributed by atoms with E-state index in [9.17, 15) is 18.0 Å². The lowest BCUT2D eigenvalue weighted by Gasteiger charge is -2.39. The maximum atomic E-state index is 14.1. The number of fused-ring (bicyclic) bond motifs is 2. The van der Waals surface area contributed by atoms with E-state index >= 15 is 0 Å². The summed E-state index contributed by atoms with van der Waals surface area (Å²) < 4.78 is 47.2. The molecule has 0 radical (unpaired) electrons. The fourth-order valence-corrected chi connectivity index (χ4v) is 4.66. The number of thioether (sulfide) groups is 1. The van der Waals surface area contributed by atoms with Crippen molar-refractivity contribution in [1.82, 2.24) is 10.2 Å². The van der Waals surface area contributed by atoms with Gasteiger partial charge in [0.05, 0.1) is 7.11 Å². The van der Waals surface area contributed by atoms with Crippen LogP contribution in [0.3, 0.4) is 0 Å². The summed E-state index contributed by atoms with van der Waals surface area (Å²) in [5, 5.41) is 2.21. The van der Waals surface area contributed by atoms with Crippen LogP contribution >= 0.6 is 11.8 Å². The minimum Gasteiger partial charge on any atom is -0.497 e. The zero-order valence-electron chi connectivity index (χ0n) is 13.9. The first kappa shape index (κ1) is 17.3. The van der Waals surface area contributed by atoms with Gasteiger partial charge in [0.2, 0.25) is 0 Å². The molecule has 9 heteroatoms. The van der Waals surface area contributed by atoms with Crippen molar-refractivity contribution in [3.63, 3.8) is 0 Å². The number of benzene rings is 1. The molecule has 2 amide bonds. The summed E-state index contributed by atoms with van der Waals surface area (Å²) in [6.07, 6.45) is -1.46. The molecule has 1 aromatic carbocycles. The van der Waals surface area contributed by atoms with Crippen molar-refractivity contribution in [2.45, 2.75) is 37.5 Å². The number of nitrogens with zero attached hydrogens (tertiary/aromatic N) is 2. The van der Waals surface area contributed by atoms with Gasteiger partial charge in [0.15, 0.2) is 5.17 Å². The Morgan fingerprint density at radius 2 is 1.92 bits per heavy atom. The number of hydrogen-bond donors (Lipinski definition) is 1. The molecule has 0 spiro atoms. The molecule has 2 aliphatic heterocycles. The second-order valence-electron chi connectivity index (χ2n) is 6.28. The summed E-state index contributed by atoms with van der Waals surface area (Å²) in [5.74, 6) is 0.426. The number of alkyl halides is 3. The third-order valence-electron chi connectivity index (χ3n) is 4.74. The van der Waals surface area contributed by atoms with Gasteiger partial charge in [0.1, 0.15) is 5.75 Å². The van der Waals surface area contributed by atoms with E-state index in [0.717, 1.165) is 29.9 Å². The average molecular weight is 383 g/mol. The van der Waals surface area contributed by atoms with E-state index in [1.165, 1.54) is 48.0 Å². The summed E-state index contributed by atoms with van der Waals surface area (Å²) in [6.45, 7) is 0. The largest absolute Gasteiger partial charge is 0.497 e. The molecule has 2 heterocycles. The quantitative estimate of drug-likeness (QED) is 0.827. The number of carbonyl (C=O) groups excluding carboxylic acids is 1. The molecule has 0 bridgehead atoms. The minimum absolute atomic E-state index is 0.0915. The van der Waals surface area contributed by atoms with Crippen LogP contribution in [0.4, 0.5) is 18.0 Å². The summed E-state index contributed by atoms with van der Waals surface area (Å²) >= 11 is 1.17. The summed E-state index contributed by atoms with van der Waals surface area (Å²) in [7, 11) is 1.43. The predicted octanol–water partition coefficient (Wildman–Crippen LogP) is 4.32. The Bertz CT molecular complexity index is 820. The van der Waals surface area contributed by atoms with Crippen LogP contribution in [-0.2, 0) is 5.66 Å². The van der Waals surface area contributed by atoms with E-state index < -0.39 is 17.9 Å². The molecule has 1 atom stereocenters. The number of amidine groups is 1. The zero-order valence-corrected chi connectivity index (χ0v) is 14.7. The minimum atomic E-state index is -4.79. The molecular formula is C17H16F3N3O2S. The van der Waals surface area contributed by atoms with Crippen LogP contribution in [0.2, 0.25) is 0 Å². The number of hydrogen-bond acceptors (Lipinski definition) is 4. The molecule has 0 fully saturated rings. The molecule has 4 rings (SSSR count). The van der Waals surface area contributed by atoms with Crippen LogP contribution in [0.15, 0.2) is 39.9 Å². The Balaban J connectivity index is 1.82. The van der Waals surface area contributed by atoms with Crippen molar-refractivity contribution in [3.05, 3.63) is 40.4 Å². The molecule has 1 aromatic rings. The lowest BCUT2D eigenvalue weighted by atomic mass is 9.98. The van der Waals surface area contributed by atoms with Crippen molar-refractivity contribution >= 4 is 23.0 Å². The summed E-state index contributed by atoms with van der Waals surface area (Å²) in [5.41, 5.74) is -2.18. The fourth-order valence-electron chi connectivity index (χ4n) is 3.41. The summed E-state index contributed by atoms with van der Waals surface area (Å²) in [6, 6.07) is 4.61. The van der Waals surface area contributed by atoms with Gasteiger partial charge in [-0.15, -0.1) is 0 Å². The van der Waals surface area contributed by atoms with Gasteiger partial charge in [-0.25, -0.2) is 14.7 Å². The van der Waals surface area contributed by atoms with Crippen LogP contribution in [0.25, 0.3) is 0 Å². The van der Waals surface area contributed by atoms with Gasteiger partial charge in [-0.1, -0.05) is 23.9 Å². The Morgan fingerprint density at radius 1 is 1.23 bits per heavy atom. The second-order valence-corrected chi connectivity index (χ2v) is 7.34. The van der Waals surface area contributed by atoms with Gasteiger partial charge >= 0.3 is 12.2 Å². The topological polar surface area (TPSA) is 53.9 Å². The maximum Gasteiger partial charge on any atom is 0.436 e. The van der Waals surface area contributed by atoms with E-state index in [1.807, 2.05) is 0 Å². The van der Waals surface area contributed by atoms with E-state index in [0.29, 0.717) is 12.2 Å². The zero-order chi connectivity index (χ0) is 18.5. The Kier molecular flexibility index (Phi) is 3.94. The van der Waals surface area contributed by atoms with Crippen LogP contribution in [0, 0.1) is 0 Å². The van der Waals surface area contributed by atoms with Crippen LogP contribution < -0.4 is 10.1 Å². The van der Waals surface area contributed by atoms with Crippen LogP contribution in [0.5, 0.6) is 5.75 Å². The lowest BCUT2D eigenvalue weighted by Crippen LogP contribution is -2.62. The third-order valence-corrected chi connectivity index (χ3v) is 5.88. The van der Waals surface area contributed by atoms with Crippen molar-refractivity contribution in [2.24, 2.45) is 4.99 Å². The summed E-state index contributed by atoms with van der Waals surface area (Å²) in [4.78, 5) is 18.9. The third kappa shape index (κ3) is 2.48. The van der Waals surface area contributed by atoms with Crippen LogP contribution in [-0.4, -0.2) is 29.4 Å². The highest BCUT2D eigenvalue weighted by molar-refractivity contribution is 8.17. The number of halogens is 3. The van der Waals surface area contributed by atoms with Crippen molar-refractivity contribution in [2.75, 3.05) is 7.11 Å². The molecule has 138 valence electrons. The first-order valence-electron chi connectivity index (χ1n) is 8.19. The monoisotopic (exact) mass is 383 g/mol. The number of aliphatic imine (C=N–C) groups is 1. The maximum absolute atomic E-state index is 14.1. The number of amides is 2. The molecule has 0 unspecified atom stereocenters. The fraction of sp³-hybridized carbons (Fsp3) is 0.412. The molecule has 1 aliphatic carbocycles. The molecule has 0 aromatic heterocycles. The molecule has 3 aliphatic rings. The number of urea groups is 1. The molecule has 0 saturated heterocycles. The predicted molar refractivity (Wildman–Crippen MR) is 91.6 cm³/mol. The number of ether oxygens (including phenoxy) is 1. The number of carbonyl (C=O) groups is 1. The van der Waals surface area contributed by atoms with Gasteiger partial charge in [-0.2, -0.15) is 13.2 Å². The van der Waals surface area contributed by atoms with E-state index in [-0.39, 0.29) is 10.7 Å². The van der Waals surface area contributed by atoms with Crippen molar-refractivity contribution < 1.29 is 22.7 Å². The van der Waals surface area contributed by atoms with Gasteiger partial charge < -0.3 is 10.1 Å². The van der Waals surface area contributed by atoms with Gasteiger partial charge in [-0.3, -0.25) is 0 Å². The van der Waals surface area contributed by atoms with Crippen LogP contribution in [0.1, 0.15) is 31.2 Å². The van der Waals surface area contributed by atoms with Gasteiger partial charge in [0.25, 0.3) is 5.66 Å². The Hall–Kier alpha value is -2.16. The molecule has 26 heavy (non-hydrogen) atoms. The lowest BCUT2D eigenvalue weighted by molar-refractivity contribution is -0.196. The van der Waals surface area contributed by atoms with Crippen molar-refractivity contribution in [1.29, 1.82) is 0 Å². The van der Waals surface area contributed by atoms with Crippen molar-refractivity contribution in [3.8, 4) is 5.75 Å². The highest BCUT2D eigenvalue weighted by Gasteiger charge is 2.61. The van der Waals surface area contributed by atoms with Gasteiger partial charge in [0, 0.05) is 16.2 Å². The van der Waals surface area contributed by atoms with E-state index in [2.05, 4.69) is 10.3 Å². The smallest absolute Gasteiger partial charge is 0.436 e. The molecule has 1 N–H and O–H groups in total. The standard InChI is InChI=1S/C17H16F3N3O2S/c1-25-11-8-6-10(7-9-11)16(17(18,19)20)21-14(24)23-12-4-2-3-5-13(12)26-15(23)22-16/h6-9H,2-5H2,1H3,(H,21,24)/t16-/m1/s1. The highest BCUT2D eigenvalue weighted by atomic mass is 32.2.